The van der Waals surface area contributed by atoms with Crippen LogP contribution in [0.4, 0.5) is 13.2 Å². The molecule has 1 aromatic rings. The van der Waals surface area contributed by atoms with Crippen LogP contribution in [0.2, 0.25) is 0 Å². The summed E-state index contributed by atoms with van der Waals surface area (Å²) < 4.78 is 44.1. The molecule has 0 radical (unpaired) electrons. The van der Waals surface area contributed by atoms with Crippen molar-refractivity contribution < 1.29 is 27.4 Å². The molecule has 0 aliphatic rings. The SMILES string of the molecule is CCOC(=O)[C@@H](N)c1ccc(OC(F)(F)F)cc1. The number of rotatable bonds is 4. The largest absolute Gasteiger partial charge is 0.573 e. The van der Waals surface area contributed by atoms with Crippen LogP contribution in [0.15, 0.2) is 24.3 Å². The second-order valence-corrected chi connectivity index (χ2v) is 3.35. The Labute approximate surface area is 101 Å². The lowest BCUT2D eigenvalue weighted by Gasteiger charge is -2.12. The minimum absolute atomic E-state index is 0.182. The van der Waals surface area contributed by atoms with Gasteiger partial charge in [-0.15, -0.1) is 13.2 Å². The Morgan fingerprint density at radius 1 is 1.33 bits per heavy atom. The highest BCUT2D eigenvalue weighted by molar-refractivity contribution is 5.77. The Morgan fingerprint density at radius 2 is 1.89 bits per heavy atom. The minimum Gasteiger partial charge on any atom is -0.465 e. The fourth-order valence-corrected chi connectivity index (χ4v) is 1.24. The number of benzene rings is 1. The molecule has 1 rings (SSSR count). The summed E-state index contributed by atoms with van der Waals surface area (Å²) >= 11 is 0. The second kappa shape index (κ2) is 5.72. The van der Waals surface area contributed by atoms with Gasteiger partial charge in [-0.3, -0.25) is 0 Å². The number of carbonyl (C=O) groups is 1. The van der Waals surface area contributed by atoms with E-state index in [1.54, 1.807) is 6.92 Å². The number of nitrogens with two attached hydrogens (primary N) is 1. The predicted octanol–water partition coefficient (Wildman–Crippen LogP) is 2.15. The zero-order valence-corrected chi connectivity index (χ0v) is 9.53. The molecule has 0 saturated heterocycles. The first-order valence-electron chi connectivity index (χ1n) is 5.11. The smallest absolute Gasteiger partial charge is 0.465 e. The van der Waals surface area contributed by atoms with Crippen molar-refractivity contribution in [2.45, 2.75) is 19.3 Å². The van der Waals surface area contributed by atoms with E-state index < -0.39 is 18.4 Å². The molecule has 2 N–H and O–H groups in total. The van der Waals surface area contributed by atoms with Crippen LogP contribution < -0.4 is 10.5 Å². The van der Waals surface area contributed by atoms with E-state index in [9.17, 15) is 18.0 Å². The van der Waals surface area contributed by atoms with Crippen molar-refractivity contribution in [2.24, 2.45) is 5.73 Å². The summed E-state index contributed by atoms with van der Waals surface area (Å²) in [6.45, 7) is 1.81. The van der Waals surface area contributed by atoms with Crippen LogP contribution in [0.5, 0.6) is 5.75 Å². The Bertz CT molecular complexity index is 403. The topological polar surface area (TPSA) is 61.5 Å². The van der Waals surface area contributed by atoms with E-state index in [0.29, 0.717) is 5.56 Å². The van der Waals surface area contributed by atoms with Gasteiger partial charge in [-0.2, -0.15) is 0 Å². The molecule has 18 heavy (non-hydrogen) atoms. The average molecular weight is 263 g/mol. The van der Waals surface area contributed by atoms with Gasteiger partial charge < -0.3 is 15.2 Å². The second-order valence-electron chi connectivity index (χ2n) is 3.35. The molecule has 0 amide bonds. The number of ether oxygens (including phenoxy) is 2. The first-order chi connectivity index (χ1) is 8.33. The molecular weight excluding hydrogens is 251 g/mol. The first-order valence-corrected chi connectivity index (χ1v) is 5.11. The van der Waals surface area contributed by atoms with Crippen molar-refractivity contribution >= 4 is 5.97 Å². The van der Waals surface area contributed by atoms with Crippen LogP contribution in [0, 0.1) is 0 Å². The van der Waals surface area contributed by atoms with E-state index in [1.165, 1.54) is 12.1 Å². The molecule has 100 valence electrons. The summed E-state index contributed by atoms with van der Waals surface area (Å²) in [6.07, 6.45) is -4.75. The van der Waals surface area contributed by atoms with Crippen molar-refractivity contribution in [3.05, 3.63) is 29.8 Å². The summed E-state index contributed by atoms with van der Waals surface area (Å²) in [5.41, 5.74) is 5.91. The van der Waals surface area contributed by atoms with Gasteiger partial charge in [-0.05, 0) is 24.6 Å². The number of alkyl halides is 3. The maximum atomic E-state index is 11.9. The van der Waals surface area contributed by atoms with Crippen molar-refractivity contribution in [3.63, 3.8) is 0 Å². The van der Waals surface area contributed by atoms with Gasteiger partial charge in [0.15, 0.2) is 0 Å². The maximum Gasteiger partial charge on any atom is 0.573 e. The van der Waals surface area contributed by atoms with Gasteiger partial charge >= 0.3 is 12.3 Å². The van der Waals surface area contributed by atoms with Gasteiger partial charge in [0.25, 0.3) is 0 Å². The van der Waals surface area contributed by atoms with Gasteiger partial charge in [0.1, 0.15) is 11.8 Å². The summed E-state index contributed by atoms with van der Waals surface area (Å²) in [4.78, 5) is 11.3. The molecule has 7 heteroatoms. The van der Waals surface area contributed by atoms with Crippen LogP contribution in [0.25, 0.3) is 0 Å². The summed E-state index contributed by atoms with van der Waals surface area (Å²) in [6, 6.07) is 3.71. The van der Waals surface area contributed by atoms with Crippen molar-refractivity contribution in [1.29, 1.82) is 0 Å². The summed E-state index contributed by atoms with van der Waals surface area (Å²) in [7, 11) is 0. The van der Waals surface area contributed by atoms with Gasteiger partial charge in [0.05, 0.1) is 6.61 Å². The highest BCUT2D eigenvalue weighted by atomic mass is 19.4. The lowest BCUT2D eigenvalue weighted by molar-refractivity contribution is -0.274. The molecule has 0 aliphatic heterocycles. The molecule has 0 fully saturated rings. The van der Waals surface area contributed by atoms with Crippen LogP contribution in [0.3, 0.4) is 0 Å². The van der Waals surface area contributed by atoms with E-state index in [1.807, 2.05) is 0 Å². The van der Waals surface area contributed by atoms with Crippen molar-refractivity contribution in [1.82, 2.24) is 0 Å². The molecule has 0 bridgehead atoms. The molecular formula is C11H12F3NO3. The number of halogens is 3. The van der Waals surface area contributed by atoms with Gasteiger partial charge in [0, 0.05) is 0 Å². The molecule has 0 aromatic heterocycles. The van der Waals surface area contributed by atoms with E-state index in [2.05, 4.69) is 4.74 Å². The molecule has 1 aromatic carbocycles. The van der Waals surface area contributed by atoms with Gasteiger partial charge in [0.2, 0.25) is 0 Å². The van der Waals surface area contributed by atoms with E-state index in [-0.39, 0.29) is 12.4 Å². The molecule has 4 nitrogen and oxygen atoms in total. The van der Waals surface area contributed by atoms with Gasteiger partial charge in [-0.25, -0.2) is 4.79 Å². The third-order valence-corrected chi connectivity index (χ3v) is 2.01. The number of hydrogen-bond acceptors (Lipinski definition) is 4. The molecule has 0 unspecified atom stereocenters. The highest BCUT2D eigenvalue weighted by Gasteiger charge is 2.31. The highest BCUT2D eigenvalue weighted by Crippen LogP contribution is 2.24. The first kappa shape index (κ1) is 14.3. The summed E-state index contributed by atoms with van der Waals surface area (Å²) in [5.74, 6) is -1.01. The molecule has 0 aliphatic carbocycles. The van der Waals surface area contributed by atoms with Crippen LogP contribution in [-0.4, -0.2) is 18.9 Å². The standard InChI is InChI=1S/C11H12F3NO3/c1-2-17-10(16)9(15)7-3-5-8(6-4-7)18-11(12,13)14/h3-6,9H,2,15H2,1H3/t9-/m0/s1. The molecule has 0 saturated carbocycles. The van der Waals surface area contributed by atoms with Gasteiger partial charge in [-0.1, -0.05) is 12.1 Å². The minimum atomic E-state index is -4.75. The number of esters is 1. The maximum absolute atomic E-state index is 11.9. The monoisotopic (exact) mass is 263 g/mol. The van der Waals surface area contributed by atoms with Crippen molar-refractivity contribution in [2.75, 3.05) is 6.61 Å². The third kappa shape index (κ3) is 4.25. The zero-order valence-electron chi connectivity index (χ0n) is 9.53. The number of hydrogen-bond donors (Lipinski definition) is 1. The Balaban J connectivity index is 2.73. The molecule has 1 atom stereocenters. The lowest BCUT2D eigenvalue weighted by atomic mass is 10.1. The average Bonchev–Trinajstić information content (AvgIpc) is 2.27. The molecule has 0 heterocycles. The quantitative estimate of drug-likeness (QED) is 0.845. The Hall–Kier alpha value is -1.76. The van der Waals surface area contributed by atoms with Crippen LogP contribution >= 0.6 is 0 Å². The van der Waals surface area contributed by atoms with E-state index in [4.69, 9.17) is 10.5 Å². The zero-order chi connectivity index (χ0) is 13.8. The predicted molar refractivity (Wildman–Crippen MR) is 56.7 cm³/mol. The lowest BCUT2D eigenvalue weighted by Crippen LogP contribution is -2.23. The number of carbonyl (C=O) groups excluding carboxylic acids is 1. The summed E-state index contributed by atoms with van der Waals surface area (Å²) in [5, 5.41) is 0. The van der Waals surface area contributed by atoms with E-state index >= 15 is 0 Å². The van der Waals surface area contributed by atoms with Crippen LogP contribution in [-0.2, 0) is 9.53 Å². The van der Waals surface area contributed by atoms with E-state index in [0.717, 1.165) is 12.1 Å². The molecule has 0 spiro atoms. The fourth-order valence-electron chi connectivity index (χ4n) is 1.24. The third-order valence-electron chi connectivity index (χ3n) is 2.01. The fraction of sp³-hybridized carbons (Fsp3) is 0.364. The normalized spacial score (nSPS) is 12.9. The Morgan fingerprint density at radius 3 is 2.33 bits per heavy atom. The van der Waals surface area contributed by atoms with Crippen LogP contribution in [0.1, 0.15) is 18.5 Å². The van der Waals surface area contributed by atoms with Crippen molar-refractivity contribution in [3.8, 4) is 5.75 Å². The Kier molecular flexibility index (Phi) is 4.55.